The first kappa shape index (κ1) is 17.7. The van der Waals surface area contributed by atoms with Gasteiger partial charge in [-0.3, -0.25) is 9.28 Å². The summed E-state index contributed by atoms with van der Waals surface area (Å²) in [6, 6.07) is 19.2. The second kappa shape index (κ2) is 7.01. The molecule has 0 spiro atoms. The van der Waals surface area contributed by atoms with E-state index in [-0.39, 0.29) is 5.43 Å². The molecule has 0 saturated heterocycles. The van der Waals surface area contributed by atoms with Gasteiger partial charge in [-0.05, 0) is 36.0 Å². The van der Waals surface area contributed by atoms with E-state index in [1.807, 2.05) is 60.1 Å². The van der Waals surface area contributed by atoms with Gasteiger partial charge in [-0.1, -0.05) is 24.3 Å². The van der Waals surface area contributed by atoms with Crippen LogP contribution in [0.3, 0.4) is 0 Å². The number of aryl methyl sites for hydroxylation is 1. The largest absolute Gasteiger partial charge is 0.298 e. The van der Waals surface area contributed by atoms with Gasteiger partial charge in [-0.25, -0.2) is 0 Å². The molecule has 6 heteroatoms. The third kappa shape index (κ3) is 3.92. The summed E-state index contributed by atoms with van der Waals surface area (Å²) in [5.41, 5.74) is 3.42. The van der Waals surface area contributed by atoms with Crippen LogP contribution in [0.5, 0.6) is 0 Å². The molecule has 0 radical (unpaired) electrons. The lowest BCUT2D eigenvalue weighted by atomic mass is 10.2. The van der Waals surface area contributed by atoms with Crippen LogP contribution in [-0.2, 0) is 0 Å². The van der Waals surface area contributed by atoms with Crippen LogP contribution < -0.4 is 14.7 Å². The molecule has 0 saturated carbocycles. The summed E-state index contributed by atoms with van der Waals surface area (Å²) in [4.78, 5) is 13.4. The Morgan fingerprint density at radius 1 is 0.962 bits per heavy atom. The minimum atomic E-state index is -0.117. The van der Waals surface area contributed by atoms with Crippen LogP contribution >= 0.6 is 0 Å². The van der Waals surface area contributed by atoms with Gasteiger partial charge in [0.25, 0.3) is 0 Å². The van der Waals surface area contributed by atoms with Gasteiger partial charge in [0.1, 0.15) is 5.69 Å². The first-order chi connectivity index (χ1) is 12.3. The normalized spacial score (nSPS) is 11.8. The van der Waals surface area contributed by atoms with Crippen molar-refractivity contribution >= 4 is 11.4 Å². The van der Waals surface area contributed by atoms with Crippen molar-refractivity contribution in [2.45, 2.75) is 6.92 Å². The Bertz CT molecular complexity index is 1000. The number of nitrogens with zero attached hydrogens (tertiary/aromatic N) is 5. The molecule has 0 unspecified atom stereocenters. The van der Waals surface area contributed by atoms with Crippen molar-refractivity contribution in [3.05, 3.63) is 82.8 Å². The molecule has 0 bridgehead atoms. The zero-order valence-electron chi connectivity index (χ0n) is 15.5. The van der Waals surface area contributed by atoms with Crippen LogP contribution in [0.25, 0.3) is 5.69 Å². The first-order valence-electron chi connectivity index (χ1n) is 8.40. The van der Waals surface area contributed by atoms with Gasteiger partial charge in [0.05, 0.1) is 43.7 Å². The van der Waals surface area contributed by atoms with Gasteiger partial charge in [-0.2, -0.15) is 4.68 Å². The van der Waals surface area contributed by atoms with Gasteiger partial charge in [0.2, 0.25) is 11.1 Å². The number of rotatable bonds is 4. The lowest BCUT2D eigenvalue weighted by Gasteiger charge is -2.22. The lowest BCUT2D eigenvalue weighted by molar-refractivity contribution is -0.762. The molecule has 0 aliphatic carbocycles. The topological polar surface area (TPSA) is 50.6 Å². The highest BCUT2D eigenvalue weighted by Gasteiger charge is 2.15. The molecule has 1 heterocycles. The molecule has 0 amide bonds. The Kier molecular flexibility index (Phi) is 4.77. The van der Waals surface area contributed by atoms with E-state index in [9.17, 15) is 4.79 Å². The van der Waals surface area contributed by atoms with Crippen molar-refractivity contribution < 1.29 is 4.79 Å². The Balaban J connectivity index is 2.06. The van der Waals surface area contributed by atoms with E-state index in [1.54, 1.807) is 6.07 Å². The smallest absolute Gasteiger partial charge is 0.224 e. The molecule has 26 heavy (non-hydrogen) atoms. The fourth-order valence-corrected chi connectivity index (χ4v) is 2.66. The molecule has 132 valence electrons. The van der Waals surface area contributed by atoms with Gasteiger partial charge in [-0.15, -0.1) is 0 Å². The standard InChI is InChI=1S/C20H23N5O/c1-16-13-20(26)15-23(24(16)18-10-6-5-7-11-18)22-21-17-9-8-12-19(14-17)25(2,3)4/h5-15H,1-4H3/q+2. The third-order valence-corrected chi connectivity index (χ3v) is 3.99. The molecular weight excluding hydrogens is 326 g/mol. The number of aromatic nitrogens is 2. The number of hydrogen-bond acceptors (Lipinski definition) is 3. The second-order valence-electron chi connectivity index (χ2n) is 7.01. The molecular formula is C20H23N5O+2. The van der Waals surface area contributed by atoms with E-state index in [4.69, 9.17) is 0 Å². The number of quaternary nitrogens is 1. The number of hydrogen-bond donors (Lipinski definition) is 0. The van der Waals surface area contributed by atoms with Gasteiger partial charge < -0.3 is 0 Å². The summed E-state index contributed by atoms with van der Waals surface area (Å²) < 4.78 is 2.53. The van der Waals surface area contributed by atoms with Gasteiger partial charge in [0, 0.05) is 6.07 Å². The van der Waals surface area contributed by atoms with Gasteiger partial charge in [0.15, 0.2) is 11.4 Å². The zero-order valence-corrected chi connectivity index (χ0v) is 15.5. The second-order valence-corrected chi connectivity index (χ2v) is 7.01. The van der Waals surface area contributed by atoms with Crippen molar-refractivity contribution in [1.29, 1.82) is 0 Å². The highest BCUT2D eigenvalue weighted by molar-refractivity contribution is 5.52. The van der Waals surface area contributed by atoms with Crippen LogP contribution in [0, 0.1) is 6.92 Å². The Morgan fingerprint density at radius 3 is 2.38 bits per heavy atom. The SMILES string of the molecule is Cc1cc(=O)c[n+](N=Nc2cccc([N+](C)(C)C)c2)n1-c1ccccc1. The fourth-order valence-electron chi connectivity index (χ4n) is 2.66. The molecule has 0 N–H and O–H groups in total. The van der Waals surface area contributed by atoms with E-state index in [0.717, 1.165) is 22.8 Å². The Hall–Kier alpha value is -3.12. The third-order valence-electron chi connectivity index (χ3n) is 3.99. The molecule has 0 aliphatic heterocycles. The summed E-state index contributed by atoms with van der Waals surface area (Å²) in [5.74, 6) is 0. The van der Waals surface area contributed by atoms with Crippen LogP contribution in [0.4, 0.5) is 11.4 Å². The molecule has 3 rings (SSSR count). The molecule has 6 nitrogen and oxygen atoms in total. The monoisotopic (exact) mass is 349 g/mol. The average molecular weight is 349 g/mol. The molecule has 0 atom stereocenters. The molecule has 2 aromatic carbocycles. The average Bonchev–Trinajstić information content (AvgIpc) is 2.60. The van der Waals surface area contributed by atoms with E-state index >= 15 is 0 Å². The van der Waals surface area contributed by atoms with Crippen molar-refractivity contribution in [2.75, 3.05) is 21.1 Å². The molecule has 1 aromatic heterocycles. The Labute approximate surface area is 152 Å². The highest BCUT2D eigenvalue weighted by Crippen LogP contribution is 2.23. The quantitative estimate of drug-likeness (QED) is 0.405. The van der Waals surface area contributed by atoms with Crippen molar-refractivity contribution in [3.8, 4) is 5.69 Å². The van der Waals surface area contributed by atoms with Crippen LogP contribution in [0.2, 0.25) is 0 Å². The highest BCUT2D eigenvalue weighted by atomic mass is 16.1. The summed E-state index contributed by atoms with van der Waals surface area (Å²) in [5, 5.41) is 8.63. The van der Waals surface area contributed by atoms with E-state index in [0.29, 0.717) is 4.48 Å². The first-order valence-corrected chi connectivity index (χ1v) is 8.40. The zero-order chi connectivity index (χ0) is 18.7. The summed E-state index contributed by atoms with van der Waals surface area (Å²) >= 11 is 0. The summed E-state index contributed by atoms with van der Waals surface area (Å²) in [6.07, 6.45) is 1.42. The van der Waals surface area contributed by atoms with E-state index < -0.39 is 0 Å². The van der Waals surface area contributed by atoms with Crippen LogP contribution in [0.1, 0.15) is 5.69 Å². The van der Waals surface area contributed by atoms with Crippen LogP contribution in [0.15, 0.2) is 82.0 Å². The van der Waals surface area contributed by atoms with Crippen molar-refractivity contribution in [2.24, 2.45) is 10.3 Å². The van der Waals surface area contributed by atoms with E-state index in [1.165, 1.54) is 11.0 Å². The molecule has 0 fully saturated rings. The maximum Gasteiger partial charge on any atom is 0.224 e. The maximum absolute atomic E-state index is 12.0. The van der Waals surface area contributed by atoms with Crippen molar-refractivity contribution in [3.63, 3.8) is 0 Å². The fraction of sp³-hybridized carbons (Fsp3) is 0.200. The minimum Gasteiger partial charge on any atom is -0.298 e. The van der Waals surface area contributed by atoms with Crippen molar-refractivity contribution in [1.82, 2.24) is 9.16 Å². The minimum absolute atomic E-state index is 0.117. The van der Waals surface area contributed by atoms with Gasteiger partial charge >= 0.3 is 0 Å². The number of benzene rings is 2. The van der Waals surface area contributed by atoms with Crippen LogP contribution in [-0.4, -0.2) is 25.8 Å². The molecule has 3 aromatic rings. The predicted octanol–water partition coefficient (Wildman–Crippen LogP) is 3.18. The maximum atomic E-state index is 12.0. The Morgan fingerprint density at radius 2 is 1.69 bits per heavy atom. The van der Waals surface area contributed by atoms with E-state index in [2.05, 4.69) is 37.5 Å². The predicted molar refractivity (Wildman–Crippen MR) is 103 cm³/mol. The lowest BCUT2D eigenvalue weighted by Crippen LogP contribution is -2.43. The summed E-state index contributed by atoms with van der Waals surface area (Å²) in [7, 11) is 6.29. The molecule has 0 aliphatic rings. The summed E-state index contributed by atoms with van der Waals surface area (Å²) in [6.45, 7) is 1.87. The number of para-hydroxylation sites is 1.